The molecule has 1 atom stereocenters. The van der Waals surface area contributed by atoms with Crippen LogP contribution >= 0.6 is 0 Å². The maximum Gasteiger partial charge on any atom is 0.122 e. The summed E-state index contributed by atoms with van der Waals surface area (Å²) in [5, 5.41) is 0. The lowest BCUT2D eigenvalue weighted by molar-refractivity contribution is 0.0678. The Kier molecular flexibility index (Phi) is 12.4. The number of rotatable bonds is 10. The number of hydrogen-bond donors (Lipinski definition) is 1. The molecule has 5 heteroatoms. The maximum atomic E-state index is 6.12. The van der Waals surface area contributed by atoms with Crippen molar-refractivity contribution in [3.63, 3.8) is 0 Å². The Balaban J connectivity index is 3.16. The van der Waals surface area contributed by atoms with Crippen LogP contribution in [-0.4, -0.2) is 43.3 Å². The summed E-state index contributed by atoms with van der Waals surface area (Å²) in [4.78, 5) is 11.9. The molecule has 1 heterocycles. The number of morpholine rings is 1. The van der Waals surface area contributed by atoms with Crippen LogP contribution in [0.3, 0.4) is 0 Å². The Hall–Kier alpha value is -1.88. The van der Waals surface area contributed by atoms with Crippen LogP contribution in [0.4, 0.5) is 0 Å². The van der Waals surface area contributed by atoms with E-state index in [4.69, 9.17) is 15.5 Å². The highest BCUT2D eigenvalue weighted by molar-refractivity contribution is 5.82. The van der Waals surface area contributed by atoms with Gasteiger partial charge in [0.05, 0.1) is 13.2 Å². The van der Waals surface area contributed by atoms with Gasteiger partial charge in [0.15, 0.2) is 0 Å². The van der Waals surface area contributed by atoms with Crippen molar-refractivity contribution in [1.82, 2.24) is 4.90 Å². The fourth-order valence-corrected chi connectivity index (χ4v) is 3.62. The first kappa shape index (κ1) is 26.2. The van der Waals surface area contributed by atoms with Gasteiger partial charge in [0.1, 0.15) is 11.7 Å². The lowest BCUT2D eigenvalue weighted by Gasteiger charge is -2.28. The van der Waals surface area contributed by atoms with Crippen molar-refractivity contribution in [1.29, 1.82) is 0 Å². The van der Waals surface area contributed by atoms with Gasteiger partial charge < -0.3 is 15.4 Å². The summed E-state index contributed by atoms with van der Waals surface area (Å²) in [6.07, 6.45) is 9.70. The van der Waals surface area contributed by atoms with E-state index in [0.29, 0.717) is 5.82 Å². The minimum Gasteiger partial charge on any atom is -0.384 e. The summed E-state index contributed by atoms with van der Waals surface area (Å²) in [5.41, 5.74) is 10.9. The van der Waals surface area contributed by atoms with Gasteiger partial charge >= 0.3 is 0 Å². The number of ether oxygens (including phenoxy) is 1. The molecule has 1 rings (SSSR count). The SMILES string of the molecule is C\C=C(/C=N/C(N)=C(\C)CC)C(C)/C(CCCCC)=C(/C)N=C(C)N1CCOCC1. The molecule has 1 saturated heterocycles. The maximum absolute atomic E-state index is 6.12. The number of nitrogens with zero attached hydrogens (tertiary/aromatic N) is 3. The molecule has 0 radical (unpaired) electrons. The topological polar surface area (TPSA) is 63.2 Å². The molecule has 1 aliphatic rings. The van der Waals surface area contributed by atoms with Crippen molar-refractivity contribution in [2.24, 2.45) is 21.6 Å². The van der Waals surface area contributed by atoms with E-state index < -0.39 is 0 Å². The summed E-state index contributed by atoms with van der Waals surface area (Å²) in [6.45, 7) is 18.4. The number of allylic oxidation sites excluding steroid dienone is 5. The normalized spacial score (nSPS) is 19.1. The Morgan fingerprint density at radius 2 is 1.80 bits per heavy atom. The van der Waals surface area contributed by atoms with Crippen molar-refractivity contribution in [2.45, 2.75) is 80.6 Å². The van der Waals surface area contributed by atoms with E-state index in [2.05, 4.69) is 57.5 Å². The summed E-state index contributed by atoms with van der Waals surface area (Å²) in [6, 6.07) is 0. The van der Waals surface area contributed by atoms with Crippen LogP contribution in [0.15, 0.2) is 44.3 Å². The Morgan fingerprint density at radius 1 is 1.13 bits per heavy atom. The Labute approximate surface area is 184 Å². The van der Waals surface area contributed by atoms with Gasteiger partial charge in [0.25, 0.3) is 0 Å². The van der Waals surface area contributed by atoms with Gasteiger partial charge in [-0.15, -0.1) is 0 Å². The molecule has 1 fully saturated rings. The van der Waals surface area contributed by atoms with Gasteiger partial charge in [0.2, 0.25) is 0 Å². The average molecular weight is 417 g/mol. The molecular weight excluding hydrogens is 372 g/mol. The predicted molar refractivity (Wildman–Crippen MR) is 131 cm³/mol. The number of aliphatic imine (C=N–C) groups is 2. The van der Waals surface area contributed by atoms with Gasteiger partial charge in [0, 0.05) is 30.9 Å². The van der Waals surface area contributed by atoms with E-state index in [9.17, 15) is 0 Å². The van der Waals surface area contributed by atoms with Gasteiger partial charge in [-0.05, 0) is 63.7 Å². The Bertz CT molecular complexity index is 679. The van der Waals surface area contributed by atoms with E-state index in [1.807, 2.05) is 13.1 Å². The van der Waals surface area contributed by atoms with Crippen LogP contribution in [0, 0.1) is 5.92 Å². The van der Waals surface area contributed by atoms with E-state index in [0.717, 1.165) is 56.3 Å². The molecule has 0 bridgehead atoms. The van der Waals surface area contributed by atoms with Crippen LogP contribution in [0.1, 0.15) is 80.6 Å². The highest BCUT2D eigenvalue weighted by Crippen LogP contribution is 2.28. The molecule has 2 N–H and O–H groups in total. The molecule has 0 saturated carbocycles. The molecule has 0 aromatic rings. The van der Waals surface area contributed by atoms with Crippen LogP contribution < -0.4 is 5.73 Å². The molecule has 170 valence electrons. The van der Waals surface area contributed by atoms with Crippen molar-refractivity contribution in [2.75, 3.05) is 26.3 Å². The quantitative estimate of drug-likeness (QED) is 0.276. The lowest BCUT2D eigenvalue weighted by atomic mass is 9.88. The number of unbranched alkanes of at least 4 members (excludes halogenated alkanes) is 2. The van der Waals surface area contributed by atoms with Crippen molar-refractivity contribution in [3.8, 4) is 0 Å². The van der Waals surface area contributed by atoms with Crippen LogP contribution in [0.2, 0.25) is 0 Å². The largest absolute Gasteiger partial charge is 0.384 e. The molecule has 0 amide bonds. The van der Waals surface area contributed by atoms with E-state index in [1.54, 1.807) is 0 Å². The van der Waals surface area contributed by atoms with Gasteiger partial charge in [-0.3, -0.25) is 0 Å². The minimum atomic E-state index is 0.256. The van der Waals surface area contributed by atoms with E-state index in [1.165, 1.54) is 30.4 Å². The zero-order valence-electron chi connectivity index (χ0n) is 20.4. The second kappa shape index (κ2) is 14.2. The average Bonchev–Trinajstić information content (AvgIpc) is 2.76. The van der Waals surface area contributed by atoms with E-state index >= 15 is 0 Å². The third kappa shape index (κ3) is 8.47. The molecule has 0 aromatic heterocycles. The summed E-state index contributed by atoms with van der Waals surface area (Å²) in [7, 11) is 0. The summed E-state index contributed by atoms with van der Waals surface area (Å²) in [5.74, 6) is 1.96. The number of amidine groups is 1. The Morgan fingerprint density at radius 3 is 2.37 bits per heavy atom. The van der Waals surface area contributed by atoms with Gasteiger partial charge in [-0.2, -0.15) is 0 Å². The van der Waals surface area contributed by atoms with Crippen molar-refractivity contribution in [3.05, 3.63) is 34.3 Å². The van der Waals surface area contributed by atoms with Gasteiger partial charge in [-0.1, -0.05) is 39.7 Å². The molecule has 1 unspecified atom stereocenters. The molecule has 30 heavy (non-hydrogen) atoms. The highest BCUT2D eigenvalue weighted by Gasteiger charge is 2.17. The molecule has 5 nitrogen and oxygen atoms in total. The standard InChI is InChI=1S/C25H44N4O/c1-8-11-12-13-24(21(6)28-22(7)29-14-16-30-17-15-29)20(5)23(10-3)18-27-25(26)19(4)9-2/h10,18,20H,8-9,11-17,26H2,1-7H3/b23-10+,24-21-,25-19+,27-18+,28-22?. The zero-order chi connectivity index (χ0) is 22.5. The second-order valence-corrected chi connectivity index (χ2v) is 8.11. The number of nitrogens with two attached hydrogens (primary N) is 1. The fourth-order valence-electron chi connectivity index (χ4n) is 3.62. The van der Waals surface area contributed by atoms with Crippen molar-refractivity contribution < 1.29 is 4.74 Å². The predicted octanol–water partition coefficient (Wildman–Crippen LogP) is 5.84. The zero-order valence-corrected chi connectivity index (χ0v) is 20.4. The molecule has 0 aromatic carbocycles. The molecule has 0 aliphatic carbocycles. The molecular formula is C25H44N4O. The number of hydrogen-bond acceptors (Lipinski definition) is 4. The first-order chi connectivity index (χ1) is 14.3. The fraction of sp³-hybridized carbons (Fsp3) is 0.680. The van der Waals surface area contributed by atoms with Crippen LogP contribution in [0.5, 0.6) is 0 Å². The third-order valence-electron chi connectivity index (χ3n) is 5.99. The van der Waals surface area contributed by atoms with E-state index in [-0.39, 0.29) is 5.92 Å². The minimum absolute atomic E-state index is 0.256. The van der Waals surface area contributed by atoms with Crippen LogP contribution in [-0.2, 0) is 4.74 Å². The lowest BCUT2D eigenvalue weighted by Crippen LogP contribution is -2.39. The third-order valence-corrected chi connectivity index (χ3v) is 5.99. The smallest absolute Gasteiger partial charge is 0.122 e. The van der Waals surface area contributed by atoms with Crippen LogP contribution in [0.25, 0.3) is 0 Å². The highest BCUT2D eigenvalue weighted by atomic mass is 16.5. The van der Waals surface area contributed by atoms with Crippen molar-refractivity contribution >= 4 is 12.1 Å². The van der Waals surface area contributed by atoms with Gasteiger partial charge in [-0.25, -0.2) is 9.98 Å². The summed E-state index contributed by atoms with van der Waals surface area (Å²) >= 11 is 0. The first-order valence-corrected chi connectivity index (χ1v) is 11.6. The second-order valence-electron chi connectivity index (χ2n) is 8.11. The molecule has 1 aliphatic heterocycles. The first-order valence-electron chi connectivity index (χ1n) is 11.6. The molecule has 0 spiro atoms. The summed E-state index contributed by atoms with van der Waals surface area (Å²) < 4.78 is 5.48. The monoisotopic (exact) mass is 416 g/mol.